The van der Waals surface area contributed by atoms with Crippen LogP contribution in [0.2, 0.25) is 0 Å². The summed E-state index contributed by atoms with van der Waals surface area (Å²) in [6.45, 7) is 5.79. The molecule has 2 aromatic heterocycles. The van der Waals surface area contributed by atoms with E-state index in [1.165, 1.54) is 0 Å². The molecule has 6 nitrogen and oxygen atoms in total. The first-order chi connectivity index (χ1) is 8.52. The van der Waals surface area contributed by atoms with Crippen molar-refractivity contribution in [3.8, 4) is 11.6 Å². The van der Waals surface area contributed by atoms with E-state index < -0.39 is 0 Å². The van der Waals surface area contributed by atoms with Crippen molar-refractivity contribution < 1.29 is 4.74 Å². The van der Waals surface area contributed by atoms with Crippen molar-refractivity contribution in [3.63, 3.8) is 0 Å². The topological polar surface area (TPSA) is 64.9 Å². The van der Waals surface area contributed by atoms with Crippen molar-refractivity contribution in [1.29, 1.82) is 0 Å². The number of hydrogen-bond acceptors (Lipinski definition) is 5. The Hall–Kier alpha value is -2.11. The molecule has 0 atom stereocenters. The van der Waals surface area contributed by atoms with Crippen LogP contribution in [0, 0.1) is 20.8 Å². The summed E-state index contributed by atoms with van der Waals surface area (Å²) < 4.78 is 7.65. The minimum Gasteiger partial charge on any atom is -0.435 e. The van der Waals surface area contributed by atoms with Gasteiger partial charge in [0.05, 0.1) is 5.69 Å². The number of ether oxygens (including phenoxy) is 1. The first kappa shape index (κ1) is 12.3. The molecule has 0 saturated carbocycles. The smallest absolute Gasteiger partial charge is 0.227 e. The van der Waals surface area contributed by atoms with E-state index in [1.807, 2.05) is 27.8 Å². The molecule has 0 fully saturated rings. The SMILES string of the molecule is CNc1ncc(C)c(Oc2c(C)nn(C)c2C)n1. The second kappa shape index (κ2) is 4.64. The van der Waals surface area contributed by atoms with Gasteiger partial charge in [0.2, 0.25) is 11.8 Å². The quantitative estimate of drug-likeness (QED) is 0.898. The van der Waals surface area contributed by atoms with E-state index in [1.54, 1.807) is 17.9 Å². The summed E-state index contributed by atoms with van der Waals surface area (Å²) in [5.41, 5.74) is 2.70. The van der Waals surface area contributed by atoms with Crippen LogP contribution in [0.25, 0.3) is 0 Å². The van der Waals surface area contributed by atoms with Crippen LogP contribution in [0.4, 0.5) is 5.95 Å². The van der Waals surface area contributed by atoms with Gasteiger partial charge in [-0.3, -0.25) is 4.68 Å². The predicted octanol–water partition coefficient (Wildman–Crippen LogP) is 1.97. The molecule has 0 bridgehead atoms. The van der Waals surface area contributed by atoms with E-state index in [0.29, 0.717) is 11.8 Å². The Labute approximate surface area is 106 Å². The molecule has 96 valence electrons. The van der Waals surface area contributed by atoms with Gasteiger partial charge in [0.1, 0.15) is 5.69 Å². The summed E-state index contributed by atoms with van der Waals surface area (Å²) in [6.07, 6.45) is 1.73. The summed E-state index contributed by atoms with van der Waals surface area (Å²) >= 11 is 0. The second-order valence-electron chi connectivity index (χ2n) is 4.16. The van der Waals surface area contributed by atoms with Gasteiger partial charge in [0, 0.05) is 25.9 Å². The highest BCUT2D eigenvalue weighted by Gasteiger charge is 2.14. The van der Waals surface area contributed by atoms with E-state index >= 15 is 0 Å². The molecule has 0 aliphatic rings. The van der Waals surface area contributed by atoms with E-state index in [-0.39, 0.29) is 0 Å². The summed E-state index contributed by atoms with van der Waals surface area (Å²) in [4.78, 5) is 8.42. The number of rotatable bonds is 3. The lowest BCUT2D eigenvalue weighted by atomic mass is 10.3. The van der Waals surface area contributed by atoms with Gasteiger partial charge in [-0.15, -0.1) is 0 Å². The number of aromatic nitrogens is 4. The van der Waals surface area contributed by atoms with Gasteiger partial charge in [-0.05, 0) is 20.8 Å². The summed E-state index contributed by atoms with van der Waals surface area (Å²) in [5.74, 6) is 1.84. The van der Waals surface area contributed by atoms with Crippen molar-refractivity contribution >= 4 is 5.95 Å². The zero-order valence-corrected chi connectivity index (χ0v) is 11.3. The molecule has 0 aromatic carbocycles. The lowest BCUT2D eigenvalue weighted by Crippen LogP contribution is -2.00. The van der Waals surface area contributed by atoms with E-state index in [2.05, 4.69) is 20.4 Å². The van der Waals surface area contributed by atoms with Crippen molar-refractivity contribution in [2.75, 3.05) is 12.4 Å². The molecule has 6 heteroatoms. The molecule has 2 aromatic rings. The Morgan fingerprint density at radius 1 is 1.28 bits per heavy atom. The highest BCUT2D eigenvalue weighted by atomic mass is 16.5. The number of nitrogens with one attached hydrogen (secondary N) is 1. The predicted molar refractivity (Wildman–Crippen MR) is 69.1 cm³/mol. The zero-order chi connectivity index (χ0) is 13.3. The molecule has 0 radical (unpaired) electrons. The van der Waals surface area contributed by atoms with Gasteiger partial charge in [0.25, 0.3) is 0 Å². The summed E-state index contributed by atoms with van der Waals surface area (Å²) in [6, 6.07) is 0. The van der Waals surface area contributed by atoms with Gasteiger partial charge < -0.3 is 10.1 Å². The van der Waals surface area contributed by atoms with Crippen LogP contribution < -0.4 is 10.1 Å². The van der Waals surface area contributed by atoms with Gasteiger partial charge >= 0.3 is 0 Å². The van der Waals surface area contributed by atoms with Gasteiger partial charge in [-0.1, -0.05) is 0 Å². The fourth-order valence-electron chi connectivity index (χ4n) is 1.65. The van der Waals surface area contributed by atoms with Gasteiger partial charge in [-0.2, -0.15) is 10.1 Å². The third-order valence-corrected chi connectivity index (χ3v) is 2.79. The molecule has 0 aliphatic carbocycles. The Morgan fingerprint density at radius 3 is 2.56 bits per heavy atom. The molecule has 0 unspecified atom stereocenters. The van der Waals surface area contributed by atoms with Gasteiger partial charge in [-0.25, -0.2) is 4.98 Å². The second-order valence-corrected chi connectivity index (χ2v) is 4.16. The Kier molecular flexibility index (Phi) is 3.18. The number of aryl methyl sites for hydroxylation is 3. The Balaban J connectivity index is 2.39. The summed E-state index contributed by atoms with van der Waals surface area (Å²) in [5, 5.41) is 7.20. The molecule has 18 heavy (non-hydrogen) atoms. The molecule has 0 saturated heterocycles. The first-order valence-electron chi connectivity index (χ1n) is 5.72. The maximum absolute atomic E-state index is 5.86. The van der Waals surface area contributed by atoms with Crippen molar-refractivity contribution in [3.05, 3.63) is 23.1 Å². The van der Waals surface area contributed by atoms with E-state index in [9.17, 15) is 0 Å². The molecule has 1 N–H and O–H groups in total. The number of nitrogens with zero attached hydrogens (tertiary/aromatic N) is 4. The molecule has 0 aliphatic heterocycles. The number of anilines is 1. The standard InChI is InChI=1S/C12H17N5O/c1-7-6-14-12(13-4)15-11(7)18-10-8(2)16-17(5)9(10)3/h6H,1-5H3,(H,13,14,15). The van der Waals surface area contributed by atoms with Crippen LogP contribution in [0.15, 0.2) is 6.20 Å². The maximum atomic E-state index is 5.86. The average molecular weight is 247 g/mol. The van der Waals surface area contributed by atoms with Gasteiger partial charge in [0.15, 0.2) is 5.75 Å². The molecule has 2 heterocycles. The fourth-order valence-corrected chi connectivity index (χ4v) is 1.65. The van der Waals surface area contributed by atoms with Crippen molar-refractivity contribution in [1.82, 2.24) is 19.7 Å². The zero-order valence-electron chi connectivity index (χ0n) is 11.3. The molecular formula is C12H17N5O. The van der Waals surface area contributed by atoms with Crippen LogP contribution >= 0.6 is 0 Å². The first-order valence-corrected chi connectivity index (χ1v) is 5.72. The average Bonchev–Trinajstić information content (AvgIpc) is 2.58. The van der Waals surface area contributed by atoms with Crippen LogP contribution in [-0.4, -0.2) is 26.8 Å². The lowest BCUT2D eigenvalue weighted by Gasteiger charge is -2.08. The number of hydrogen-bond donors (Lipinski definition) is 1. The maximum Gasteiger partial charge on any atom is 0.227 e. The highest BCUT2D eigenvalue weighted by Crippen LogP contribution is 2.28. The van der Waals surface area contributed by atoms with E-state index in [0.717, 1.165) is 22.7 Å². The van der Waals surface area contributed by atoms with Crippen LogP contribution in [0.5, 0.6) is 11.6 Å². The van der Waals surface area contributed by atoms with Crippen LogP contribution in [0.1, 0.15) is 17.0 Å². The molecule has 0 spiro atoms. The fraction of sp³-hybridized carbons (Fsp3) is 0.417. The monoisotopic (exact) mass is 247 g/mol. The lowest BCUT2D eigenvalue weighted by molar-refractivity contribution is 0.450. The third-order valence-electron chi connectivity index (χ3n) is 2.79. The third kappa shape index (κ3) is 2.13. The normalized spacial score (nSPS) is 10.5. The molecule has 0 amide bonds. The van der Waals surface area contributed by atoms with Crippen molar-refractivity contribution in [2.24, 2.45) is 7.05 Å². The summed E-state index contributed by atoms with van der Waals surface area (Å²) in [7, 11) is 3.66. The molecule has 2 rings (SSSR count). The molecular weight excluding hydrogens is 230 g/mol. The minimum absolute atomic E-state index is 0.537. The largest absolute Gasteiger partial charge is 0.435 e. The Bertz CT molecular complexity index is 576. The highest BCUT2D eigenvalue weighted by molar-refractivity contribution is 5.39. The Morgan fingerprint density at radius 2 is 2.00 bits per heavy atom. The van der Waals surface area contributed by atoms with E-state index in [4.69, 9.17) is 4.74 Å². The van der Waals surface area contributed by atoms with Crippen molar-refractivity contribution in [2.45, 2.75) is 20.8 Å². The van der Waals surface area contributed by atoms with Crippen LogP contribution in [-0.2, 0) is 7.05 Å². The van der Waals surface area contributed by atoms with Crippen LogP contribution in [0.3, 0.4) is 0 Å². The minimum atomic E-state index is 0.537.